The number of aliphatic hydroxyl groups is 1. The average Bonchev–Trinajstić information content (AvgIpc) is 3.03. The SMILES string of the molecule is OC(CSc1nnc(-c2ccc(Cl)cc2)o1)c1ccccc1. The largest absolute Gasteiger partial charge is 0.411 e. The number of thioether (sulfide) groups is 1. The molecule has 0 aliphatic carbocycles. The summed E-state index contributed by atoms with van der Waals surface area (Å²) in [6.45, 7) is 0. The highest BCUT2D eigenvalue weighted by molar-refractivity contribution is 7.99. The Hall–Kier alpha value is -1.82. The van der Waals surface area contributed by atoms with Crippen LogP contribution in [-0.2, 0) is 0 Å². The summed E-state index contributed by atoms with van der Waals surface area (Å²) in [6.07, 6.45) is -0.572. The van der Waals surface area contributed by atoms with Gasteiger partial charge in [-0.2, -0.15) is 0 Å². The number of hydrogen-bond donors (Lipinski definition) is 1. The first-order valence-electron chi connectivity index (χ1n) is 6.67. The molecule has 22 heavy (non-hydrogen) atoms. The first-order valence-corrected chi connectivity index (χ1v) is 8.04. The van der Waals surface area contributed by atoms with Crippen molar-refractivity contribution in [2.45, 2.75) is 11.3 Å². The van der Waals surface area contributed by atoms with E-state index in [0.717, 1.165) is 11.1 Å². The van der Waals surface area contributed by atoms with Crippen molar-refractivity contribution in [1.82, 2.24) is 10.2 Å². The molecule has 0 aliphatic rings. The molecule has 112 valence electrons. The summed E-state index contributed by atoms with van der Waals surface area (Å²) in [5, 5.41) is 19.2. The Kier molecular flexibility index (Phi) is 4.77. The zero-order valence-corrected chi connectivity index (χ0v) is 13.1. The molecule has 3 aromatic rings. The van der Waals surface area contributed by atoms with Gasteiger partial charge in [0.25, 0.3) is 5.22 Å². The van der Waals surface area contributed by atoms with Crippen molar-refractivity contribution in [1.29, 1.82) is 0 Å². The average molecular weight is 333 g/mol. The maximum Gasteiger partial charge on any atom is 0.276 e. The topological polar surface area (TPSA) is 59.2 Å². The number of halogens is 1. The Balaban J connectivity index is 1.63. The molecule has 0 fully saturated rings. The molecule has 0 saturated heterocycles. The molecule has 0 amide bonds. The van der Waals surface area contributed by atoms with Crippen molar-refractivity contribution < 1.29 is 9.52 Å². The molecule has 0 radical (unpaired) electrons. The second-order valence-electron chi connectivity index (χ2n) is 4.62. The Bertz CT molecular complexity index is 731. The van der Waals surface area contributed by atoms with Crippen molar-refractivity contribution in [2.24, 2.45) is 0 Å². The Morgan fingerprint density at radius 2 is 1.77 bits per heavy atom. The zero-order valence-electron chi connectivity index (χ0n) is 11.5. The third-order valence-corrected chi connectivity index (χ3v) is 4.19. The predicted molar refractivity (Wildman–Crippen MR) is 86.9 cm³/mol. The van der Waals surface area contributed by atoms with Gasteiger partial charge in [-0.25, -0.2) is 0 Å². The van der Waals surface area contributed by atoms with E-state index in [4.69, 9.17) is 16.0 Å². The van der Waals surface area contributed by atoms with E-state index in [2.05, 4.69) is 10.2 Å². The van der Waals surface area contributed by atoms with Crippen LogP contribution in [0, 0.1) is 0 Å². The maximum absolute atomic E-state index is 10.1. The van der Waals surface area contributed by atoms with Crippen LogP contribution in [0.15, 0.2) is 64.2 Å². The van der Waals surface area contributed by atoms with Crippen LogP contribution in [-0.4, -0.2) is 21.1 Å². The van der Waals surface area contributed by atoms with E-state index < -0.39 is 6.10 Å². The van der Waals surface area contributed by atoms with Crippen LogP contribution in [0.2, 0.25) is 5.02 Å². The maximum atomic E-state index is 10.1. The second-order valence-corrected chi connectivity index (χ2v) is 6.03. The van der Waals surface area contributed by atoms with Crippen LogP contribution in [0.25, 0.3) is 11.5 Å². The summed E-state index contributed by atoms with van der Waals surface area (Å²) in [4.78, 5) is 0. The van der Waals surface area contributed by atoms with E-state index in [9.17, 15) is 5.11 Å². The van der Waals surface area contributed by atoms with E-state index in [1.807, 2.05) is 42.5 Å². The van der Waals surface area contributed by atoms with Gasteiger partial charge in [-0.1, -0.05) is 53.7 Å². The third kappa shape index (κ3) is 3.68. The summed E-state index contributed by atoms with van der Waals surface area (Å²) in [6, 6.07) is 16.7. The minimum Gasteiger partial charge on any atom is -0.411 e. The predicted octanol–water partition coefficient (Wildman–Crippen LogP) is 4.22. The fourth-order valence-electron chi connectivity index (χ4n) is 1.90. The lowest BCUT2D eigenvalue weighted by Gasteiger charge is -2.08. The van der Waals surface area contributed by atoms with Crippen molar-refractivity contribution in [3.8, 4) is 11.5 Å². The summed E-state index contributed by atoms with van der Waals surface area (Å²) >= 11 is 7.17. The molecule has 0 spiro atoms. The van der Waals surface area contributed by atoms with Crippen molar-refractivity contribution in [3.63, 3.8) is 0 Å². The van der Waals surface area contributed by atoms with Crippen LogP contribution in [0.3, 0.4) is 0 Å². The zero-order chi connectivity index (χ0) is 15.4. The molecule has 1 unspecified atom stereocenters. The molecule has 1 atom stereocenters. The molecule has 1 heterocycles. The summed E-state index contributed by atoms with van der Waals surface area (Å²) in [5.41, 5.74) is 1.68. The van der Waals surface area contributed by atoms with Crippen LogP contribution in [0.4, 0.5) is 0 Å². The lowest BCUT2D eigenvalue weighted by atomic mass is 10.1. The molecule has 6 heteroatoms. The first-order chi connectivity index (χ1) is 10.7. The van der Waals surface area contributed by atoms with Crippen LogP contribution >= 0.6 is 23.4 Å². The molecular formula is C16H13ClN2O2S. The van der Waals surface area contributed by atoms with Gasteiger partial charge in [-0.05, 0) is 29.8 Å². The highest BCUT2D eigenvalue weighted by Gasteiger charge is 2.12. The standard InChI is InChI=1S/C16H13ClN2O2S/c17-13-8-6-12(7-9-13)15-18-19-16(21-15)22-10-14(20)11-4-2-1-3-5-11/h1-9,14,20H,10H2. The lowest BCUT2D eigenvalue weighted by Crippen LogP contribution is -1.99. The van der Waals surface area contributed by atoms with Crippen molar-refractivity contribution in [2.75, 3.05) is 5.75 Å². The fraction of sp³-hybridized carbons (Fsp3) is 0.125. The number of rotatable bonds is 5. The van der Waals surface area contributed by atoms with Crippen LogP contribution < -0.4 is 0 Å². The minimum absolute atomic E-state index is 0.430. The molecule has 0 saturated carbocycles. The van der Waals surface area contributed by atoms with Gasteiger partial charge >= 0.3 is 0 Å². The smallest absolute Gasteiger partial charge is 0.276 e. The Labute approximate surface area is 137 Å². The molecule has 1 N–H and O–H groups in total. The Morgan fingerprint density at radius 3 is 2.50 bits per heavy atom. The second kappa shape index (κ2) is 6.96. The summed E-state index contributed by atoms with van der Waals surface area (Å²) in [5.74, 6) is 0.889. The van der Waals surface area contributed by atoms with Gasteiger partial charge in [-0.15, -0.1) is 10.2 Å². The number of aliphatic hydroxyl groups excluding tert-OH is 1. The van der Waals surface area contributed by atoms with Gasteiger partial charge in [0.15, 0.2) is 0 Å². The fourth-order valence-corrected chi connectivity index (χ4v) is 2.75. The minimum atomic E-state index is -0.572. The molecule has 2 aromatic carbocycles. The van der Waals surface area contributed by atoms with Gasteiger partial charge in [-0.3, -0.25) is 0 Å². The molecular weight excluding hydrogens is 320 g/mol. The normalized spacial score (nSPS) is 12.3. The van der Waals surface area contributed by atoms with E-state index in [-0.39, 0.29) is 0 Å². The monoisotopic (exact) mass is 332 g/mol. The molecule has 0 aliphatic heterocycles. The van der Waals surface area contributed by atoms with Crippen LogP contribution in [0.5, 0.6) is 0 Å². The molecule has 0 bridgehead atoms. The van der Waals surface area contributed by atoms with Crippen molar-refractivity contribution in [3.05, 3.63) is 65.2 Å². The third-order valence-electron chi connectivity index (χ3n) is 3.05. The quantitative estimate of drug-likeness (QED) is 0.709. The van der Waals surface area contributed by atoms with E-state index >= 15 is 0 Å². The number of aromatic nitrogens is 2. The van der Waals surface area contributed by atoms with E-state index in [1.165, 1.54) is 11.8 Å². The molecule has 1 aromatic heterocycles. The van der Waals surface area contributed by atoms with E-state index in [0.29, 0.717) is 21.9 Å². The molecule has 4 nitrogen and oxygen atoms in total. The summed E-state index contributed by atoms with van der Waals surface area (Å²) < 4.78 is 5.58. The first kappa shape index (κ1) is 15.1. The Morgan fingerprint density at radius 1 is 1.05 bits per heavy atom. The lowest BCUT2D eigenvalue weighted by molar-refractivity contribution is 0.204. The van der Waals surface area contributed by atoms with Gasteiger partial charge in [0.1, 0.15) is 0 Å². The molecule has 3 rings (SSSR count). The van der Waals surface area contributed by atoms with Crippen LogP contribution in [0.1, 0.15) is 11.7 Å². The van der Waals surface area contributed by atoms with Gasteiger partial charge in [0.05, 0.1) is 6.10 Å². The highest BCUT2D eigenvalue weighted by Crippen LogP contribution is 2.27. The number of benzene rings is 2. The number of nitrogens with zero attached hydrogens (tertiary/aromatic N) is 2. The highest BCUT2D eigenvalue weighted by atomic mass is 35.5. The van der Waals surface area contributed by atoms with Crippen molar-refractivity contribution >= 4 is 23.4 Å². The number of hydrogen-bond acceptors (Lipinski definition) is 5. The summed E-state index contributed by atoms with van der Waals surface area (Å²) in [7, 11) is 0. The van der Waals surface area contributed by atoms with Gasteiger partial charge in [0, 0.05) is 16.3 Å². The van der Waals surface area contributed by atoms with Gasteiger partial charge in [0.2, 0.25) is 5.89 Å². The van der Waals surface area contributed by atoms with Gasteiger partial charge < -0.3 is 9.52 Å². The van der Waals surface area contributed by atoms with E-state index in [1.54, 1.807) is 12.1 Å².